The number of thiophene rings is 1. The lowest BCUT2D eigenvalue weighted by Gasteiger charge is -2.33. The standard InChI is InChI=1S/C16H26ClNS/c1-3-5-10-16(4-2,12-18-13-6-7-13)11-14-8-9-15(17)19-14/h8-9,13,18H,3-7,10-12H2,1-2H3. The van der Waals surface area contributed by atoms with E-state index < -0.39 is 0 Å². The van der Waals surface area contributed by atoms with Gasteiger partial charge in [-0.2, -0.15) is 0 Å². The number of unbranched alkanes of at least 4 members (excludes halogenated alkanes) is 1. The van der Waals surface area contributed by atoms with Crippen LogP contribution in [0.5, 0.6) is 0 Å². The third kappa shape index (κ3) is 4.77. The second-order valence-electron chi connectivity index (χ2n) is 5.99. The van der Waals surface area contributed by atoms with Crippen LogP contribution in [0.4, 0.5) is 0 Å². The maximum Gasteiger partial charge on any atom is 0.0931 e. The predicted octanol–water partition coefficient (Wildman–Crippen LogP) is 5.28. The molecule has 0 saturated heterocycles. The van der Waals surface area contributed by atoms with Crippen LogP contribution in [0, 0.1) is 5.41 Å². The van der Waals surface area contributed by atoms with Gasteiger partial charge >= 0.3 is 0 Å². The minimum absolute atomic E-state index is 0.423. The fourth-order valence-electron chi connectivity index (χ4n) is 2.68. The van der Waals surface area contributed by atoms with E-state index in [0.29, 0.717) is 5.41 Å². The molecule has 1 aliphatic carbocycles. The van der Waals surface area contributed by atoms with Gasteiger partial charge in [-0.15, -0.1) is 11.3 Å². The van der Waals surface area contributed by atoms with Gasteiger partial charge in [0.15, 0.2) is 0 Å². The van der Waals surface area contributed by atoms with Crippen molar-refractivity contribution in [1.29, 1.82) is 0 Å². The second kappa shape index (κ2) is 7.10. The molecule has 1 N–H and O–H groups in total. The lowest BCUT2D eigenvalue weighted by atomic mass is 9.76. The zero-order valence-electron chi connectivity index (χ0n) is 12.2. The van der Waals surface area contributed by atoms with Crippen molar-refractivity contribution in [2.75, 3.05) is 6.54 Å². The Kier molecular flexibility index (Phi) is 5.73. The first-order chi connectivity index (χ1) is 9.17. The van der Waals surface area contributed by atoms with Crippen LogP contribution in [0.15, 0.2) is 12.1 Å². The van der Waals surface area contributed by atoms with Crippen LogP contribution < -0.4 is 5.32 Å². The third-order valence-corrected chi connectivity index (χ3v) is 5.56. The molecular formula is C16H26ClNS. The van der Waals surface area contributed by atoms with E-state index in [0.717, 1.165) is 10.4 Å². The maximum absolute atomic E-state index is 6.08. The molecule has 108 valence electrons. The Labute approximate surface area is 126 Å². The summed E-state index contributed by atoms with van der Waals surface area (Å²) in [4.78, 5) is 1.44. The number of hydrogen-bond acceptors (Lipinski definition) is 2. The average Bonchev–Trinajstić information content (AvgIpc) is 3.16. The van der Waals surface area contributed by atoms with Crippen molar-refractivity contribution in [2.24, 2.45) is 5.41 Å². The van der Waals surface area contributed by atoms with E-state index in [1.54, 1.807) is 11.3 Å². The van der Waals surface area contributed by atoms with Crippen molar-refractivity contribution in [2.45, 2.75) is 64.8 Å². The van der Waals surface area contributed by atoms with Crippen LogP contribution >= 0.6 is 22.9 Å². The van der Waals surface area contributed by atoms with Crippen LogP contribution in [-0.2, 0) is 6.42 Å². The summed E-state index contributed by atoms with van der Waals surface area (Å²) < 4.78 is 0.922. The van der Waals surface area contributed by atoms with E-state index in [1.165, 1.54) is 56.4 Å². The Morgan fingerprint density at radius 3 is 2.68 bits per heavy atom. The largest absolute Gasteiger partial charge is 0.313 e. The van der Waals surface area contributed by atoms with Crippen molar-refractivity contribution < 1.29 is 0 Å². The molecule has 1 heterocycles. The van der Waals surface area contributed by atoms with Gasteiger partial charge in [0.25, 0.3) is 0 Å². The summed E-state index contributed by atoms with van der Waals surface area (Å²) in [6.45, 7) is 5.81. The molecule has 1 fully saturated rings. The molecule has 1 aliphatic rings. The normalized spacial score (nSPS) is 18.5. The second-order valence-corrected chi connectivity index (χ2v) is 7.79. The first-order valence-corrected chi connectivity index (χ1v) is 8.84. The summed E-state index contributed by atoms with van der Waals surface area (Å²) in [5.41, 5.74) is 0.423. The van der Waals surface area contributed by atoms with E-state index in [2.05, 4.69) is 25.2 Å². The van der Waals surface area contributed by atoms with E-state index in [9.17, 15) is 0 Å². The van der Waals surface area contributed by atoms with Gasteiger partial charge in [-0.05, 0) is 49.7 Å². The predicted molar refractivity (Wildman–Crippen MR) is 86.3 cm³/mol. The molecule has 1 unspecified atom stereocenters. The summed E-state index contributed by atoms with van der Waals surface area (Å²) in [6, 6.07) is 5.05. The molecule has 2 rings (SSSR count). The smallest absolute Gasteiger partial charge is 0.0931 e. The molecule has 0 aliphatic heterocycles. The van der Waals surface area contributed by atoms with Gasteiger partial charge in [-0.3, -0.25) is 0 Å². The van der Waals surface area contributed by atoms with E-state index in [1.807, 2.05) is 6.07 Å². The molecule has 0 aromatic carbocycles. The van der Waals surface area contributed by atoms with Crippen LogP contribution in [0.3, 0.4) is 0 Å². The van der Waals surface area contributed by atoms with Gasteiger partial charge in [-0.25, -0.2) is 0 Å². The van der Waals surface area contributed by atoms with Gasteiger partial charge in [0.2, 0.25) is 0 Å². The lowest BCUT2D eigenvalue weighted by Crippen LogP contribution is -2.36. The lowest BCUT2D eigenvalue weighted by molar-refractivity contribution is 0.230. The Morgan fingerprint density at radius 1 is 1.37 bits per heavy atom. The van der Waals surface area contributed by atoms with Crippen LogP contribution in [0.25, 0.3) is 0 Å². The van der Waals surface area contributed by atoms with Crippen LogP contribution in [0.2, 0.25) is 4.34 Å². The molecule has 19 heavy (non-hydrogen) atoms. The fourth-order valence-corrected chi connectivity index (χ4v) is 3.94. The molecule has 0 radical (unpaired) electrons. The fraction of sp³-hybridized carbons (Fsp3) is 0.750. The molecule has 3 heteroatoms. The van der Waals surface area contributed by atoms with Crippen LogP contribution in [-0.4, -0.2) is 12.6 Å². The third-order valence-electron chi connectivity index (χ3n) is 4.33. The molecule has 0 spiro atoms. The minimum atomic E-state index is 0.423. The summed E-state index contributed by atoms with van der Waals surface area (Å²) >= 11 is 7.83. The summed E-state index contributed by atoms with van der Waals surface area (Å²) in [5, 5.41) is 3.76. The van der Waals surface area contributed by atoms with Gasteiger partial charge < -0.3 is 5.32 Å². The molecule has 1 nitrogen and oxygen atoms in total. The number of halogens is 1. The number of nitrogens with one attached hydrogen (secondary N) is 1. The van der Waals surface area contributed by atoms with Crippen molar-refractivity contribution in [3.8, 4) is 0 Å². The quantitative estimate of drug-likeness (QED) is 0.654. The highest BCUT2D eigenvalue weighted by Crippen LogP contribution is 2.36. The minimum Gasteiger partial charge on any atom is -0.313 e. The van der Waals surface area contributed by atoms with E-state index in [-0.39, 0.29) is 0 Å². The molecule has 1 aromatic rings. The van der Waals surface area contributed by atoms with Crippen molar-refractivity contribution in [3.05, 3.63) is 21.3 Å². The first kappa shape index (κ1) is 15.3. The van der Waals surface area contributed by atoms with Gasteiger partial charge in [0, 0.05) is 17.5 Å². The Morgan fingerprint density at radius 2 is 2.16 bits per heavy atom. The first-order valence-electron chi connectivity index (χ1n) is 7.65. The average molecular weight is 300 g/mol. The van der Waals surface area contributed by atoms with Gasteiger partial charge in [0.05, 0.1) is 4.34 Å². The van der Waals surface area contributed by atoms with Gasteiger partial charge in [-0.1, -0.05) is 38.3 Å². The van der Waals surface area contributed by atoms with E-state index in [4.69, 9.17) is 11.6 Å². The number of hydrogen-bond donors (Lipinski definition) is 1. The summed E-state index contributed by atoms with van der Waals surface area (Å²) in [5.74, 6) is 0. The molecule has 0 amide bonds. The highest BCUT2D eigenvalue weighted by molar-refractivity contribution is 7.16. The molecular weight excluding hydrogens is 274 g/mol. The van der Waals surface area contributed by atoms with Crippen molar-refractivity contribution in [3.63, 3.8) is 0 Å². The molecule has 1 atom stereocenters. The zero-order valence-corrected chi connectivity index (χ0v) is 13.7. The maximum atomic E-state index is 6.08. The number of rotatable bonds is 9. The van der Waals surface area contributed by atoms with Gasteiger partial charge in [0.1, 0.15) is 0 Å². The Bertz CT molecular complexity index is 386. The highest BCUT2D eigenvalue weighted by Gasteiger charge is 2.31. The highest BCUT2D eigenvalue weighted by atomic mass is 35.5. The Balaban J connectivity index is 2.00. The molecule has 1 aromatic heterocycles. The van der Waals surface area contributed by atoms with Crippen LogP contribution in [0.1, 0.15) is 57.2 Å². The summed E-state index contributed by atoms with van der Waals surface area (Å²) in [7, 11) is 0. The van der Waals surface area contributed by atoms with Crippen molar-refractivity contribution >= 4 is 22.9 Å². The summed E-state index contributed by atoms with van der Waals surface area (Å²) in [6.07, 6.45) is 9.13. The molecule has 0 bridgehead atoms. The Hall–Kier alpha value is -0.0500. The SMILES string of the molecule is CCCCC(CC)(CNC1CC1)Cc1ccc(Cl)s1. The zero-order chi connectivity index (χ0) is 13.7. The van der Waals surface area contributed by atoms with Crippen molar-refractivity contribution in [1.82, 2.24) is 5.32 Å². The van der Waals surface area contributed by atoms with E-state index >= 15 is 0 Å². The molecule has 1 saturated carbocycles. The monoisotopic (exact) mass is 299 g/mol. The topological polar surface area (TPSA) is 12.0 Å².